The fraction of sp³-hybridized carbons (Fsp3) is 0.240. The van der Waals surface area contributed by atoms with Gasteiger partial charge in [-0.15, -0.1) is 0 Å². The molecule has 1 amide bonds. The van der Waals surface area contributed by atoms with Crippen LogP contribution in [0.15, 0.2) is 77.3 Å². The smallest absolute Gasteiger partial charge is 0.252 e. The van der Waals surface area contributed by atoms with E-state index in [1.165, 1.54) is 16.8 Å². The number of hydrogen-bond donors (Lipinski definition) is 1. The summed E-state index contributed by atoms with van der Waals surface area (Å²) in [7, 11) is 4.09. The molecule has 1 aliphatic rings. The number of carbonyl (C=O) groups is 1. The molecular formula is C25H26BrN3O. The maximum Gasteiger partial charge on any atom is 0.252 e. The quantitative estimate of drug-likeness (QED) is 0.555. The Bertz CT molecular complexity index is 1030. The van der Waals surface area contributed by atoms with Crippen LogP contribution in [0.25, 0.3) is 0 Å². The molecular weight excluding hydrogens is 438 g/mol. The summed E-state index contributed by atoms with van der Waals surface area (Å²) in [5.41, 5.74) is 5.64. The maximum absolute atomic E-state index is 12.8. The van der Waals surface area contributed by atoms with Gasteiger partial charge in [0.05, 0.1) is 11.6 Å². The van der Waals surface area contributed by atoms with E-state index in [2.05, 4.69) is 79.6 Å². The molecule has 0 aliphatic carbocycles. The van der Waals surface area contributed by atoms with Crippen LogP contribution in [-0.2, 0) is 6.42 Å². The summed E-state index contributed by atoms with van der Waals surface area (Å²) < 4.78 is 0.806. The van der Waals surface area contributed by atoms with Gasteiger partial charge in [0, 0.05) is 43.0 Å². The van der Waals surface area contributed by atoms with Crippen molar-refractivity contribution in [3.63, 3.8) is 0 Å². The molecule has 1 N–H and O–H groups in total. The zero-order valence-corrected chi connectivity index (χ0v) is 18.9. The zero-order chi connectivity index (χ0) is 21.1. The third-order valence-electron chi connectivity index (χ3n) is 5.67. The summed E-state index contributed by atoms with van der Waals surface area (Å²) in [6.07, 6.45) is 1.03. The lowest BCUT2D eigenvalue weighted by Crippen LogP contribution is -2.37. The molecule has 30 heavy (non-hydrogen) atoms. The second-order valence-electron chi connectivity index (χ2n) is 7.76. The molecule has 0 saturated carbocycles. The summed E-state index contributed by atoms with van der Waals surface area (Å²) >= 11 is 3.48. The van der Waals surface area contributed by atoms with Crippen molar-refractivity contribution in [2.45, 2.75) is 12.5 Å². The lowest BCUT2D eigenvalue weighted by molar-refractivity contribution is 0.0950. The Kier molecular flexibility index (Phi) is 6.09. The third-order valence-corrected chi connectivity index (χ3v) is 6.36. The van der Waals surface area contributed by atoms with E-state index >= 15 is 0 Å². The Morgan fingerprint density at radius 3 is 2.47 bits per heavy atom. The molecule has 3 aromatic carbocycles. The van der Waals surface area contributed by atoms with Gasteiger partial charge in [0.1, 0.15) is 0 Å². The zero-order valence-electron chi connectivity index (χ0n) is 17.3. The summed E-state index contributed by atoms with van der Waals surface area (Å²) in [4.78, 5) is 17.4. The molecule has 0 radical (unpaired) electrons. The first-order valence-electron chi connectivity index (χ1n) is 10.2. The molecule has 1 atom stereocenters. The first-order chi connectivity index (χ1) is 14.5. The highest BCUT2D eigenvalue weighted by Crippen LogP contribution is 2.35. The summed E-state index contributed by atoms with van der Waals surface area (Å²) in [5.74, 6) is -0.0649. The highest BCUT2D eigenvalue weighted by molar-refractivity contribution is 9.10. The molecule has 0 aromatic heterocycles. The highest BCUT2D eigenvalue weighted by Gasteiger charge is 2.27. The number of para-hydroxylation sites is 1. The SMILES string of the molecule is CN(C)c1ccc([C@H](CNC(=O)c2ccccc2Br)N2CCc3ccccc32)cc1. The van der Waals surface area contributed by atoms with Gasteiger partial charge in [-0.25, -0.2) is 0 Å². The van der Waals surface area contributed by atoms with E-state index in [1.54, 1.807) is 0 Å². The van der Waals surface area contributed by atoms with E-state index in [9.17, 15) is 4.79 Å². The van der Waals surface area contributed by atoms with Crippen LogP contribution in [0.2, 0.25) is 0 Å². The van der Waals surface area contributed by atoms with Crippen molar-refractivity contribution >= 4 is 33.2 Å². The molecule has 0 fully saturated rings. The van der Waals surface area contributed by atoms with E-state index in [0.717, 1.165) is 23.1 Å². The predicted octanol–water partition coefficient (Wildman–Crippen LogP) is 5.05. The minimum absolute atomic E-state index is 0.0649. The van der Waals surface area contributed by atoms with Gasteiger partial charge in [-0.05, 0) is 63.8 Å². The van der Waals surface area contributed by atoms with Gasteiger partial charge in [-0.2, -0.15) is 0 Å². The summed E-state index contributed by atoms with van der Waals surface area (Å²) in [5, 5.41) is 3.16. The van der Waals surface area contributed by atoms with E-state index in [-0.39, 0.29) is 11.9 Å². The van der Waals surface area contributed by atoms with Gasteiger partial charge in [-0.1, -0.05) is 42.5 Å². The third kappa shape index (κ3) is 4.21. The maximum atomic E-state index is 12.8. The van der Waals surface area contributed by atoms with Crippen LogP contribution in [0.1, 0.15) is 27.5 Å². The molecule has 0 bridgehead atoms. The summed E-state index contributed by atoms with van der Waals surface area (Å²) in [6.45, 7) is 1.49. The van der Waals surface area contributed by atoms with Crippen LogP contribution in [0.5, 0.6) is 0 Å². The number of halogens is 1. The molecule has 3 aromatic rings. The normalized spacial score (nSPS) is 13.6. The number of benzene rings is 3. The van der Waals surface area contributed by atoms with Crippen molar-refractivity contribution in [1.82, 2.24) is 5.32 Å². The van der Waals surface area contributed by atoms with Crippen molar-refractivity contribution in [2.75, 3.05) is 37.0 Å². The molecule has 0 unspecified atom stereocenters. The van der Waals surface area contributed by atoms with E-state index < -0.39 is 0 Å². The Labute approximate surface area is 186 Å². The molecule has 0 saturated heterocycles. The number of anilines is 2. The number of amides is 1. The van der Waals surface area contributed by atoms with E-state index in [4.69, 9.17) is 0 Å². The van der Waals surface area contributed by atoms with Gasteiger partial charge in [0.2, 0.25) is 0 Å². The number of rotatable bonds is 6. The van der Waals surface area contributed by atoms with Gasteiger partial charge < -0.3 is 15.1 Å². The van der Waals surface area contributed by atoms with Crippen molar-refractivity contribution in [2.24, 2.45) is 0 Å². The van der Waals surface area contributed by atoms with Gasteiger partial charge >= 0.3 is 0 Å². The average Bonchev–Trinajstić information content (AvgIpc) is 3.18. The minimum atomic E-state index is -0.0649. The van der Waals surface area contributed by atoms with Crippen LogP contribution >= 0.6 is 15.9 Å². The lowest BCUT2D eigenvalue weighted by atomic mass is 10.0. The number of carbonyl (C=O) groups excluding carboxylic acids is 1. The van der Waals surface area contributed by atoms with Crippen LogP contribution < -0.4 is 15.1 Å². The molecule has 5 heteroatoms. The van der Waals surface area contributed by atoms with Crippen LogP contribution in [-0.4, -0.2) is 33.1 Å². The first-order valence-corrected chi connectivity index (χ1v) is 11.0. The summed E-state index contributed by atoms with van der Waals surface area (Å²) in [6, 6.07) is 24.8. The van der Waals surface area contributed by atoms with E-state index in [1.807, 2.05) is 38.4 Å². The van der Waals surface area contributed by atoms with E-state index in [0.29, 0.717) is 12.1 Å². The second-order valence-corrected chi connectivity index (χ2v) is 8.62. The van der Waals surface area contributed by atoms with Crippen molar-refractivity contribution < 1.29 is 4.79 Å². The molecule has 1 aliphatic heterocycles. The van der Waals surface area contributed by atoms with Gasteiger partial charge in [-0.3, -0.25) is 4.79 Å². The topological polar surface area (TPSA) is 35.6 Å². The molecule has 4 nitrogen and oxygen atoms in total. The minimum Gasteiger partial charge on any atom is -0.378 e. The molecule has 154 valence electrons. The highest BCUT2D eigenvalue weighted by atomic mass is 79.9. The molecule has 0 spiro atoms. The van der Waals surface area contributed by atoms with Gasteiger partial charge in [0.25, 0.3) is 5.91 Å². The fourth-order valence-electron chi connectivity index (χ4n) is 4.02. The Balaban J connectivity index is 1.61. The monoisotopic (exact) mass is 463 g/mol. The lowest BCUT2D eigenvalue weighted by Gasteiger charge is -2.31. The number of hydrogen-bond acceptors (Lipinski definition) is 3. The predicted molar refractivity (Wildman–Crippen MR) is 127 cm³/mol. The molecule has 4 rings (SSSR count). The van der Waals surface area contributed by atoms with Gasteiger partial charge in [0.15, 0.2) is 0 Å². The number of nitrogens with zero attached hydrogens (tertiary/aromatic N) is 2. The van der Waals surface area contributed by atoms with Crippen LogP contribution in [0.4, 0.5) is 11.4 Å². The van der Waals surface area contributed by atoms with Crippen molar-refractivity contribution in [1.29, 1.82) is 0 Å². The Morgan fingerprint density at radius 2 is 1.73 bits per heavy atom. The van der Waals surface area contributed by atoms with Crippen LogP contribution in [0, 0.1) is 0 Å². The first kappa shape index (κ1) is 20.5. The number of nitrogens with one attached hydrogen (secondary N) is 1. The largest absolute Gasteiger partial charge is 0.378 e. The average molecular weight is 464 g/mol. The van der Waals surface area contributed by atoms with Crippen LogP contribution in [0.3, 0.4) is 0 Å². The number of fused-ring (bicyclic) bond motifs is 1. The van der Waals surface area contributed by atoms with Crippen molar-refractivity contribution in [3.8, 4) is 0 Å². The molecule has 1 heterocycles. The Hall–Kier alpha value is -2.79. The fourth-order valence-corrected chi connectivity index (χ4v) is 4.48. The van der Waals surface area contributed by atoms with Crippen molar-refractivity contribution in [3.05, 3.63) is 94.0 Å². The second kappa shape index (κ2) is 8.92. The standard InChI is InChI=1S/C25H26BrN3O/c1-28(2)20-13-11-19(12-14-20)24(29-16-15-18-7-3-6-10-23(18)29)17-27-25(30)21-8-4-5-9-22(21)26/h3-14,24H,15-17H2,1-2H3,(H,27,30)/t24-/m0/s1. The Morgan fingerprint density at radius 1 is 1.03 bits per heavy atom.